The van der Waals surface area contributed by atoms with Crippen molar-refractivity contribution in [2.45, 2.75) is 83.0 Å². The number of piperidine rings is 1. The summed E-state index contributed by atoms with van der Waals surface area (Å²) in [7, 11) is 0. The minimum Gasteiger partial charge on any atom is -0.489 e. The molecule has 3 fully saturated rings. The fourth-order valence-corrected chi connectivity index (χ4v) is 6.83. The zero-order valence-corrected chi connectivity index (χ0v) is 24.3. The van der Waals surface area contributed by atoms with E-state index in [1.165, 1.54) is 6.07 Å². The first-order valence-corrected chi connectivity index (χ1v) is 15.2. The quantitative estimate of drug-likeness (QED) is 0.324. The van der Waals surface area contributed by atoms with E-state index in [0.29, 0.717) is 47.5 Å². The van der Waals surface area contributed by atoms with Gasteiger partial charge in [0.2, 0.25) is 11.8 Å². The number of carbonyl (C=O) groups is 3. The van der Waals surface area contributed by atoms with E-state index in [9.17, 15) is 18.8 Å². The number of rotatable bonds is 8. The van der Waals surface area contributed by atoms with Crippen molar-refractivity contribution < 1.29 is 23.5 Å². The van der Waals surface area contributed by atoms with Crippen LogP contribution >= 0.6 is 0 Å². The van der Waals surface area contributed by atoms with Crippen LogP contribution in [0.25, 0.3) is 0 Å². The summed E-state index contributed by atoms with van der Waals surface area (Å²) in [6.45, 7) is 7.05. The summed E-state index contributed by atoms with van der Waals surface area (Å²) in [4.78, 5) is 40.9. The number of anilines is 2. The number of benzene rings is 2. The van der Waals surface area contributed by atoms with Crippen LogP contribution in [0.2, 0.25) is 0 Å². The van der Waals surface area contributed by atoms with Gasteiger partial charge < -0.3 is 25.6 Å². The topological polar surface area (TPSA) is 117 Å². The molecule has 1 atom stereocenters. The molecule has 10 heteroatoms. The molecule has 3 amide bonds. The molecule has 1 unspecified atom stereocenters. The highest BCUT2D eigenvalue weighted by molar-refractivity contribution is 6.01. The Balaban J connectivity index is 0.945. The summed E-state index contributed by atoms with van der Waals surface area (Å²) in [6.07, 6.45) is 4.69. The summed E-state index contributed by atoms with van der Waals surface area (Å²) < 4.78 is 20.7. The van der Waals surface area contributed by atoms with Gasteiger partial charge in [0.05, 0.1) is 17.7 Å². The van der Waals surface area contributed by atoms with Crippen LogP contribution in [0.1, 0.15) is 79.8 Å². The molecule has 6 rings (SSSR count). The molecule has 0 aromatic heterocycles. The molecule has 0 bridgehead atoms. The smallest absolute Gasteiger partial charge is 0.254 e. The third kappa shape index (κ3) is 5.69. The first kappa shape index (κ1) is 28.5. The van der Waals surface area contributed by atoms with Crippen LogP contribution in [0.15, 0.2) is 30.3 Å². The van der Waals surface area contributed by atoms with E-state index in [0.717, 1.165) is 56.6 Å². The lowest BCUT2D eigenvalue weighted by atomic mass is 9.85. The Morgan fingerprint density at radius 2 is 1.83 bits per heavy atom. The standard InChI is InChI=1S/C32H40FN5O4/c1-18(2)42-29-13-26-20(11-28(29)34)15-38(32(26)41)22-5-3-19(4-6-22)14-35-21-16-37(17-21)23-7-8-24(27(33)12-23)25-9-10-30(39)36-31(25)40/h7-8,11-13,18-19,21-22,25,35H,3-6,9-10,14-17,34H2,1-2H3,(H,36,39,40). The highest BCUT2D eigenvalue weighted by Gasteiger charge is 2.36. The van der Waals surface area contributed by atoms with Crippen LogP contribution in [0.4, 0.5) is 15.8 Å². The third-order valence-electron chi connectivity index (χ3n) is 9.23. The molecular weight excluding hydrogens is 537 g/mol. The Morgan fingerprint density at radius 3 is 2.52 bits per heavy atom. The molecule has 0 radical (unpaired) electrons. The van der Waals surface area contributed by atoms with Gasteiger partial charge in [-0.1, -0.05) is 6.07 Å². The molecule has 2 aromatic carbocycles. The maximum absolute atomic E-state index is 14.9. The molecule has 3 heterocycles. The minimum absolute atomic E-state index is 0.00809. The lowest BCUT2D eigenvalue weighted by Gasteiger charge is -2.43. The Hall–Kier alpha value is -3.66. The average molecular weight is 578 g/mol. The Labute approximate surface area is 245 Å². The van der Waals surface area contributed by atoms with E-state index in [4.69, 9.17) is 10.5 Å². The molecule has 2 saturated heterocycles. The monoisotopic (exact) mass is 577 g/mol. The van der Waals surface area contributed by atoms with Crippen molar-refractivity contribution in [1.29, 1.82) is 0 Å². The van der Waals surface area contributed by atoms with Gasteiger partial charge in [0.25, 0.3) is 5.91 Å². The number of nitrogens with one attached hydrogen (secondary N) is 2. The first-order chi connectivity index (χ1) is 20.2. The highest BCUT2D eigenvalue weighted by Crippen LogP contribution is 2.37. The SMILES string of the molecule is CC(C)Oc1cc2c(cc1N)CN(C1CCC(CNC3CN(c4ccc(C5CCC(=O)NC5=O)c(F)c4)C3)CC1)C2=O. The molecule has 2 aromatic rings. The van der Waals surface area contributed by atoms with Gasteiger partial charge in [0.1, 0.15) is 11.6 Å². The molecule has 9 nitrogen and oxygen atoms in total. The molecule has 4 aliphatic rings. The number of carbonyl (C=O) groups excluding carboxylic acids is 3. The Kier molecular flexibility index (Phi) is 7.83. The van der Waals surface area contributed by atoms with E-state index >= 15 is 0 Å². The fourth-order valence-electron chi connectivity index (χ4n) is 6.83. The second-order valence-electron chi connectivity index (χ2n) is 12.5. The van der Waals surface area contributed by atoms with Crippen LogP contribution in [0.3, 0.4) is 0 Å². The molecule has 4 N–H and O–H groups in total. The number of halogens is 1. The largest absolute Gasteiger partial charge is 0.489 e. The summed E-state index contributed by atoms with van der Waals surface area (Å²) in [5.41, 5.74) is 9.62. The average Bonchev–Trinajstić information content (AvgIpc) is 3.23. The van der Waals surface area contributed by atoms with Crippen LogP contribution in [0.5, 0.6) is 5.75 Å². The van der Waals surface area contributed by atoms with Crippen molar-refractivity contribution >= 4 is 29.1 Å². The number of imide groups is 1. The normalized spacial score (nSPS) is 24.6. The highest BCUT2D eigenvalue weighted by atomic mass is 19.1. The van der Waals surface area contributed by atoms with Crippen molar-refractivity contribution in [1.82, 2.24) is 15.5 Å². The number of ether oxygens (including phenoxy) is 1. The maximum Gasteiger partial charge on any atom is 0.254 e. The second kappa shape index (κ2) is 11.6. The van der Waals surface area contributed by atoms with Crippen molar-refractivity contribution in [3.8, 4) is 5.75 Å². The lowest BCUT2D eigenvalue weighted by molar-refractivity contribution is -0.134. The van der Waals surface area contributed by atoms with Crippen LogP contribution in [0, 0.1) is 11.7 Å². The Bertz CT molecular complexity index is 1380. The summed E-state index contributed by atoms with van der Waals surface area (Å²) in [5.74, 6) is -0.509. The predicted octanol–water partition coefficient (Wildman–Crippen LogP) is 3.71. The molecule has 42 heavy (non-hydrogen) atoms. The number of fused-ring (bicyclic) bond motifs is 1. The number of nitrogens with zero attached hydrogens (tertiary/aromatic N) is 2. The lowest BCUT2D eigenvalue weighted by Crippen LogP contribution is -2.59. The van der Waals surface area contributed by atoms with Crippen LogP contribution < -0.4 is 26.0 Å². The van der Waals surface area contributed by atoms with Gasteiger partial charge in [-0.05, 0) is 88.2 Å². The van der Waals surface area contributed by atoms with E-state index in [-0.39, 0.29) is 30.4 Å². The van der Waals surface area contributed by atoms with E-state index in [1.807, 2.05) is 36.9 Å². The molecule has 1 aliphatic carbocycles. The predicted molar refractivity (Wildman–Crippen MR) is 158 cm³/mol. The van der Waals surface area contributed by atoms with Gasteiger partial charge in [0.15, 0.2) is 0 Å². The van der Waals surface area contributed by atoms with E-state index in [2.05, 4.69) is 15.5 Å². The number of hydrogen-bond donors (Lipinski definition) is 3. The van der Waals surface area contributed by atoms with Crippen molar-refractivity contribution in [3.63, 3.8) is 0 Å². The summed E-state index contributed by atoms with van der Waals surface area (Å²) in [6, 6.07) is 9.35. The third-order valence-corrected chi connectivity index (χ3v) is 9.23. The first-order valence-electron chi connectivity index (χ1n) is 15.2. The van der Waals surface area contributed by atoms with Crippen LogP contribution in [-0.2, 0) is 16.1 Å². The number of nitrogen functional groups attached to an aromatic ring is 1. The van der Waals surface area contributed by atoms with Gasteiger partial charge in [-0.3, -0.25) is 19.7 Å². The molecular formula is C32H40FN5O4. The van der Waals surface area contributed by atoms with Crippen LogP contribution in [-0.4, -0.2) is 60.4 Å². The molecule has 3 aliphatic heterocycles. The summed E-state index contributed by atoms with van der Waals surface area (Å²) in [5, 5.41) is 5.99. The fraction of sp³-hybridized carbons (Fsp3) is 0.531. The second-order valence-corrected chi connectivity index (χ2v) is 12.5. The van der Waals surface area contributed by atoms with Gasteiger partial charge in [-0.2, -0.15) is 0 Å². The Morgan fingerprint density at radius 1 is 1.07 bits per heavy atom. The number of amides is 3. The number of hydrogen-bond acceptors (Lipinski definition) is 7. The maximum atomic E-state index is 14.9. The zero-order chi connectivity index (χ0) is 29.5. The molecule has 0 spiro atoms. The van der Waals surface area contributed by atoms with Gasteiger partial charge >= 0.3 is 0 Å². The van der Waals surface area contributed by atoms with Crippen molar-refractivity contribution in [3.05, 3.63) is 52.8 Å². The van der Waals surface area contributed by atoms with Gasteiger partial charge in [-0.25, -0.2) is 4.39 Å². The molecule has 1 saturated carbocycles. The van der Waals surface area contributed by atoms with E-state index in [1.54, 1.807) is 6.07 Å². The van der Waals surface area contributed by atoms with E-state index < -0.39 is 17.6 Å². The van der Waals surface area contributed by atoms with Gasteiger partial charge in [0, 0.05) is 55.0 Å². The molecule has 224 valence electrons. The zero-order valence-electron chi connectivity index (χ0n) is 24.3. The van der Waals surface area contributed by atoms with Crippen molar-refractivity contribution in [2.75, 3.05) is 30.3 Å². The van der Waals surface area contributed by atoms with Crippen molar-refractivity contribution in [2.24, 2.45) is 5.92 Å². The minimum atomic E-state index is -0.618. The van der Waals surface area contributed by atoms with Gasteiger partial charge in [-0.15, -0.1) is 0 Å². The number of nitrogens with two attached hydrogens (primary N) is 1. The summed E-state index contributed by atoms with van der Waals surface area (Å²) >= 11 is 0.